The van der Waals surface area contributed by atoms with E-state index in [4.69, 9.17) is 0 Å². The molecule has 4 rings (SSSR count). The van der Waals surface area contributed by atoms with E-state index in [1.165, 1.54) is 0 Å². The van der Waals surface area contributed by atoms with Gasteiger partial charge in [-0.25, -0.2) is 9.78 Å². The summed E-state index contributed by atoms with van der Waals surface area (Å²) in [4.78, 5) is 44.3. The van der Waals surface area contributed by atoms with Crippen LogP contribution in [0.1, 0.15) is 53.4 Å². The van der Waals surface area contributed by atoms with Crippen molar-refractivity contribution >= 4 is 34.8 Å². The zero-order chi connectivity index (χ0) is 22.4. The second-order valence-electron chi connectivity index (χ2n) is 9.88. The van der Waals surface area contributed by atoms with Crippen molar-refractivity contribution in [3.05, 3.63) is 24.3 Å². The highest BCUT2D eigenvalue weighted by Crippen LogP contribution is 2.46. The van der Waals surface area contributed by atoms with Gasteiger partial charge >= 0.3 is 6.03 Å². The average Bonchev–Trinajstić information content (AvgIpc) is 3.10. The Balaban J connectivity index is 1.52. The number of carbonyl (C=O) groups is 3. The number of imide groups is 1. The van der Waals surface area contributed by atoms with Crippen LogP contribution in [-0.2, 0) is 16.1 Å². The Morgan fingerprint density at radius 2 is 2.00 bits per heavy atom. The maximum atomic E-state index is 13.3. The summed E-state index contributed by atoms with van der Waals surface area (Å²) < 4.78 is 1.95. The lowest BCUT2D eigenvalue weighted by Gasteiger charge is -2.43. The summed E-state index contributed by atoms with van der Waals surface area (Å²) >= 11 is 0. The highest BCUT2D eigenvalue weighted by atomic mass is 16.2. The molecule has 2 unspecified atom stereocenters. The van der Waals surface area contributed by atoms with Gasteiger partial charge in [0, 0.05) is 6.54 Å². The van der Waals surface area contributed by atoms with E-state index in [9.17, 15) is 14.4 Å². The molecule has 2 aromatic rings. The van der Waals surface area contributed by atoms with Crippen molar-refractivity contribution in [1.82, 2.24) is 19.8 Å². The van der Waals surface area contributed by atoms with Crippen LogP contribution in [0.15, 0.2) is 24.3 Å². The van der Waals surface area contributed by atoms with Gasteiger partial charge in [-0.2, -0.15) is 0 Å². The Morgan fingerprint density at radius 3 is 2.71 bits per heavy atom. The average molecular weight is 426 g/mol. The van der Waals surface area contributed by atoms with Gasteiger partial charge in [-0.1, -0.05) is 39.8 Å². The van der Waals surface area contributed by atoms with Crippen LogP contribution in [0.3, 0.4) is 0 Å². The number of anilines is 1. The van der Waals surface area contributed by atoms with E-state index in [1.54, 1.807) is 0 Å². The molecule has 1 aromatic carbocycles. The van der Waals surface area contributed by atoms with E-state index in [0.29, 0.717) is 31.3 Å². The molecule has 0 bridgehead atoms. The third-order valence-electron chi connectivity index (χ3n) is 6.28. The first-order chi connectivity index (χ1) is 14.6. The van der Waals surface area contributed by atoms with Gasteiger partial charge in [0.05, 0.1) is 11.0 Å². The third-order valence-corrected chi connectivity index (χ3v) is 6.28. The fourth-order valence-electron chi connectivity index (χ4n) is 5.58. The van der Waals surface area contributed by atoms with E-state index in [1.807, 2.05) is 28.8 Å². The minimum Gasteiger partial charge on any atom is -0.323 e. The molecule has 1 saturated heterocycles. The van der Waals surface area contributed by atoms with E-state index < -0.39 is 17.5 Å². The number of para-hydroxylation sites is 2. The fourth-order valence-corrected chi connectivity index (χ4v) is 5.58. The van der Waals surface area contributed by atoms with E-state index in [-0.39, 0.29) is 17.9 Å². The van der Waals surface area contributed by atoms with Crippen molar-refractivity contribution < 1.29 is 14.4 Å². The molecule has 166 valence electrons. The number of amides is 4. The number of nitrogens with one attached hydrogen (secondary N) is 2. The number of aromatic nitrogens is 2. The first-order valence-electron chi connectivity index (χ1n) is 11.0. The standard InChI is InChI=1S/C23H31N5O3/c1-5-10-27-17-9-7-6-8-16(17)24-20(27)25-18(29)13-28-19(30)23(26-21(28)31)12-15(2)11-22(3,4)14-23/h6-9,15H,5,10-14H2,1-4H3,(H,26,31)(H,24,25,29). The molecule has 2 atom stereocenters. The van der Waals surface area contributed by atoms with Crippen LogP contribution in [0, 0.1) is 11.3 Å². The number of urea groups is 1. The lowest BCUT2D eigenvalue weighted by Crippen LogP contribution is -2.54. The molecule has 2 N–H and O–H groups in total. The largest absolute Gasteiger partial charge is 0.325 e. The minimum atomic E-state index is -0.909. The zero-order valence-electron chi connectivity index (χ0n) is 18.7. The zero-order valence-corrected chi connectivity index (χ0v) is 18.7. The lowest BCUT2D eigenvalue weighted by molar-refractivity contribution is -0.136. The predicted octanol–water partition coefficient (Wildman–Crippen LogP) is 3.52. The van der Waals surface area contributed by atoms with E-state index in [2.05, 4.69) is 43.3 Å². The Labute approximate surface area is 182 Å². The summed E-state index contributed by atoms with van der Waals surface area (Å²) in [6.45, 7) is 8.79. The SMILES string of the molecule is CCCn1c(NC(=O)CN2C(=O)NC3(CC(C)CC(C)(C)C3)C2=O)nc2ccccc21. The molecule has 1 saturated carbocycles. The number of nitrogens with zero attached hydrogens (tertiary/aromatic N) is 3. The quantitative estimate of drug-likeness (QED) is 0.717. The summed E-state index contributed by atoms with van der Waals surface area (Å²) in [6.07, 6.45) is 3.07. The highest BCUT2D eigenvalue weighted by molar-refractivity contribution is 6.10. The molecule has 8 nitrogen and oxygen atoms in total. The van der Waals surface area contributed by atoms with Crippen molar-refractivity contribution in [2.24, 2.45) is 11.3 Å². The third kappa shape index (κ3) is 3.91. The summed E-state index contributed by atoms with van der Waals surface area (Å²) in [7, 11) is 0. The molecule has 1 aliphatic carbocycles. The molecular formula is C23H31N5O3. The Hall–Kier alpha value is -2.90. The lowest BCUT2D eigenvalue weighted by atomic mass is 9.64. The van der Waals surface area contributed by atoms with Crippen LogP contribution in [0.5, 0.6) is 0 Å². The normalized spacial score (nSPS) is 25.3. The van der Waals surface area contributed by atoms with Gasteiger partial charge in [0.1, 0.15) is 12.1 Å². The van der Waals surface area contributed by atoms with Crippen LogP contribution in [0.25, 0.3) is 11.0 Å². The van der Waals surface area contributed by atoms with Gasteiger partial charge < -0.3 is 9.88 Å². The van der Waals surface area contributed by atoms with Crippen LogP contribution >= 0.6 is 0 Å². The first-order valence-corrected chi connectivity index (χ1v) is 11.0. The van der Waals surface area contributed by atoms with Gasteiger partial charge in [0.25, 0.3) is 5.91 Å². The van der Waals surface area contributed by atoms with E-state index in [0.717, 1.165) is 28.8 Å². The van der Waals surface area contributed by atoms with E-state index >= 15 is 0 Å². The van der Waals surface area contributed by atoms with Crippen LogP contribution in [0.2, 0.25) is 0 Å². The molecule has 1 aliphatic heterocycles. The highest BCUT2D eigenvalue weighted by Gasteiger charge is 2.56. The molecule has 8 heteroatoms. The van der Waals surface area contributed by atoms with Crippen LogP contribution in [-0.4, -0.2) is 44.4 Å². The number of imidazole rings is 1. The monoisotopic (exact) mass is 425 g/mol. The Morgan fingerprint density at radius 1 is 1.26 bits per heavy atom. The summed E-state index contributed by atoms with van der Waals surface area (Å²) in [5, 5.41) is 5.72. The fraction of sp³-hybridized carbons (Fsp3) is 0.565. The number of hydrogen-bond donors (Lipinski definition) is 2. The number of rotatable bonds is 5. The molecule has 2 fully saturated rings. The second-order valence-corrected chi connectivity index (χ2v) is 9.88. The molecule has 2 aliphatic rings. The molecule has 31 heavy (non-hydrogen) atoms. The Bertz CT molecular complexity index is 1040. The first kappa shape index (κ1) is 21.3. The van der Waals surface area contributed by atoms with Crippen molar-refractivity contribution in [3.8, 4) is 0 Å². The molecule has 1 spiro atoms. The predicted molar refractivity (Wildman–Crippen MR) is 118 cm³/mol. The second kappa shape index (κ2) is 7.66. The molecule has 1 aromatic heterocycles. The topological polar surface area (TPSA) is 96.3 Å². The van der Waals surface area contributed by atoms with Gasteiger partial charge in [0.15, 0.2) is 0 Å². The van der Waals surface area contributed by atoms with Gasteiger partial charge in [0.2, 0.25) is 11.9 Å². The van der Waals surface area contributed by atoms with Crippen molar-refractivity contribution in [2.45, 2.75) is 65.5 Å². The van der Waals surface area contributed by atoms with Crippen LogP contribution in [0.4, 0.5) is 10.7 Å². The molecular weight excluding hydrogens is 394 g/mol. The maximum absolute atomic E-state index is 13.3. The van der Waals surface area contributed by atoms with Crippen molar-refractivity contribution in [3.63, 3.8) is 0 Å². The number of carbonyl (C=O) groups excluding carboxylic acids is 3. The summed E-state index contributed by atoms with van der Waals surface area (Å²) in [6, 6.07) is 7.19. The van der Waals surface area contributed by atoms with Crippen molar-refractivity contribution in [1.29, 1.82) is 0 Å². The minimum absolute atomic E-state index is 0.0517. The number of fused-ring (bicyclic) bond motifs is 1. The number of aryl methyl sites for hydroxylation is 1. The molecule has 4 amide bonds. The van der Waals surface area contributed by atoms with Crippen molar-refractivity contribution in [2.75, 3.05) is 11.9 Å². The smallest absolute Gasteiger partial charge is 0.323 e. The number of benzene rings is 1. The van der Waals surface area contributed by atoms with Gasteiger partial charge in [-0.15, -0.1) is 0 Å². The summed E-state index contributed by atoms with van der Waals surface area (Å²) in [5.74, 6) is 0.0172. The van der Waals surface area contributed by atoms with Gasteiger partial charge in [-0.3, -0.25) is 19.8 Å². The molecule has 2 heterocycles. The molecule has 0 radical (unpaired) electrons. The van der Waals surface area contributed by atoms with Crippen LogP contribution < -0.4 is 10.6 Å². The maximum Gasteiger partial charge on any atom is 0.325 e. The Kier molecular flexibility index (Phi) is 5.27. The number of hydrogen-bond acceptors (Lipinski definition) is 4. The summed E-state index contributed by atoms with van der Waals surface area (Å²) in [5.41, 5.74) is 0.767. The van der Waals surface area contributed by atoms with Gasteiger partial charge in [-0.05, 0) is 49.1 Å².